The van der Waals surface area contributed by atoms with Crippen LogP contribution >= 0.6 is 15.9 Å². The summed E-state index contributed by atoms with van der Waals surface area (Å²) in [7, 11) is 0. The second-order valence-corrected chi connectivity index (χ2v) is 7.11. The van der Waals surface area contributed by atoms with E-state index in [0.717, 1.165) is 42.1 Å². The van der Waals surface area contributed by atoms with Crippen LogP contribution < -0.4 is 5.32 Å². The van der Waals surface area contributed by atoms with Gasteiger partial charge in [-0.2, -0.15) is 0 Å². The van der Waals surface area contributed by atoms with Crippen molar-refractivity contribution in [1.29, 1.82) is 0 Å². The number of nitrogens with zero attached hydrogens (tertiary/aromatic N) is 3. The monoisotopic (exact) mass is 366 g/mol. The largest absolute Gasteiger partial charge is 0.393 e. The maximum absolute atomic E-state index is 9.71. The van der Waals surface area contributed by atoms with Gasteiger partial charge in [-0.3, -0.25) is 0 Å². The van der Waals surface area contributed by atoms with Crippen LogP contribution in [-0.4, -0.2) is 31.9 Å². The Morgan fingerprint density at radius 1 is 1.41 bits per heavy atom. The second kappa shape index (κ2) is 6.54. The number of hydrogen-bond acceptors (Lipinski definition) is 4. The molecule has 2 aromatic rings. The Labute approximate surface area is 139 Å². The van der Waals surface area contributed by atoms with E-state index in [1.165, 1.54) is 5.69 Å². The highest BCUT2D eigenvalue weighted by atomic mass is 79.9. The van der Waals surface area contributed by atoms with Crippen LogP contribution in [0.15, 0.2) is 16.7 Å². The molecule has 5 nitrogen and oxygen atoms in total. The Morgan fingerprint density at radius 3 is 2.82 bits per heavy atom. The molecule has 0 bridgehead atoms. The standard InChI is InChI=1S/C16H23BrN4O/c1-3-10(2)19-16-18-9-15-13(17)8-14(21(15)20-16)11-4-6-12(22)7-5-11/h8-12,22H,3-7H2,1-2H3,(H,19,20). The normalized spacial score (nSPS) is 23.6. The maximum Gasteiger partial charge on any atom is 0.241 e. The molecule has 0 saturated heterocycles. The zero-order chi connectivity index (χ0) is 15.7. The van der Waals surface area contributed by atoms with Crippen LogP contribution in [0.1, 0.15) is 57.6 Å². The third-order valence-corrected chi connectivity index (χ3v) is 5.23. The second-order valence-electron chi connectivity index (χ2n) is 6.26. The van der Waals surface area contributed by atoms with E-state index in [1.807, 2.05) is 10.7 Å². The Balaban J connectivity index is 1.93. The van der Waals surface area contributed by atoms with Crippen molar-refractivity contribution in [3.05, 3.63) is 22.4 Å². The van der Waals surface area contributed by atoms with E-state index < -0.39 is 0 Å². The highest BCUT2D eigenvalue weighted by molar-refractivity contribution is 9.10. The molecule has 1 aliphatic rings. The topological polar surface area (TPSA) is 62.5 Å². The SMILES string of the molecule is CCC(C)Nc1ncc2c(Br)cc(C3CCC(O)CC3)n2n1. The zero-order valence-electron chi connectivity index (χ0n) is 13.1. The molecule has 2 heterocycles. The third kappa shape index (κ3) is 3.13. The first-order valence-electron chi connectivity index (χ1n) is 8.07. The fourth-order valence-electron chi connectivity index (χ4n) is 3.03. The van der Waals surface area contributed by atoms with Gasteiger partial charge < -0.3 is 10.4 Å². The third-order valence-electron chi connectivity index (χ3n) is 4.60. The molecule has 1 saturated carbocycles. The van der Waals surface area contributed by atoms with Crippen LogP contribution in [0.4, 0.5) is 5.95 Å². The summed E-state index contributed by atoms with van der Waals surface area (Å²) in [6.45, 7) is 4.27. The average molecular weight is 367 g/mol. The lowest BCUT2D eigenvalue weighted by molar-refractivity contribution is 0.121. The summed E-state index contributed by atoms with van der Waals surface area (Å²) in [5.41, 5.74) is 2.21. The number of aliphatic hydroxyl groups is 1. The lowest BCUT2D eigenvalue weighted by atomic mass is 9.85. The number of nitrogens with one attached hydrogen (secondary N) is 1. The molecule has 6 heteroatoms. The molecule has 22 heavy (non-hydrogen) atoms. The molecular formula is C16H23BrN4O. The summed E-state index contributed by atoms with van der Waals surface area (Å²) in [5.74, 6) is 1.12. The lowest BCUT2D eigenvalue weighted by Crippen LogP contribution is -2.19. The van der Waals surface area contributed by atoms with E-state index in [0.29, 0.717) is 17.9 Å². The van der Waals surface area contributed by atoms with Gasteiger partial charge in [0.1, 0.15) is 0 Å². The molecule has 1 atom stereocenters. The quantitative estimate of drug-likeness (QED) is 0.865. The summed E-state index contributed by atoms with van der Waals surface area (Å²) in [6, 6.07) is 2.50. The maximum atomic E-state index is 9.71. The number of anilines is 1. The van der Waals surface area contributed by atoms with Gasteiger partial charge in [-0.15, -0.1) is 5.10 Å². The summed E-state index contributed by atoms with van der Waals surface area (Å²) in [6.07, 6.45) is 6.53. The van der Waals surface area contributed by atoms with Crippen molar-refractivity contribution in [1.82, 2.24) is 14.6 Å². The molecule has 1 unspecified atom stereocenters. The first-order valence-corrected chi connectivity index (χ1v) is 8.86. The molecule has 2 aromatic heterocycles. The fourth-order valence-corrected chi connectivity index (χ4v) is 3.53. The number of halogens is 1. The molecule has 0 amide bonds. The van der Waals surface area contributed by atoms with E-state index >= 15 is 0 Å². The van der Waals surface area contributed by atoms with Gasteiger partial charge in [0.25, 0.3) is 0 Å². The molecule has 1 fully saturated rings. The number of hydrogen-bond donors (Lipinski definition) is 2. The molecule has 2 N–H and O–H groups in total. The number of aliphatic hydroxyl groups excluding tert-OH is 1. The Morgan fingerprint density at radius 2 is 2.14 bits per heavy atom. The van der Waals surface area contributed by atoms with Gasteiger partial charge in [-0.1, -0.05) is 6.92 Å². The smallest absolute Gasteiger partial charge is 0.241 e. The number of rotatable bonds is 4. The van der Waals surface area contributed by atoms with Gasteiger partial charge in [-0.25, -0.2) is 9.50 Å². The van der Waals surface area contributed by atoms with Crippen LogP contribution in [0, 0.1) is 0 Å². The van der Waals surface area contributed by atoms with Crippen LogP contribution in [0.2, 0.25) is 0 Å². The van der Waals surface area contributed by atoms with Crippen molar-refractivity contribution in [3.63, 3.8) is 0 Å². The Kier molecular flexibility index (Phi) is 4.68. The van der Waals surface area contributed by atoms with Gasteiger partial charge in [0, 0.05) is 22.1 Å². The molecule has 0 aliphatic heterocycles. The lowest BCUT2D eigenvalue weighted by Gasteiger charge is -2.25. The van der Waals surface area contributed by atoms with E-state index in [1.54, 1.807) is 0 Å². The van der Waals surface area contributed by atoms with Gasteiger partial charge >= 0.3 is 0 Å². The molecule has 3 rings (SSSR count). The molecule has 0 aromatic carbocycles. The van der Waals surface area contributed by atoms with Gasteiger partial charge in [0.05, 0.1) is 17.8 Å². The molecule has 0 spiro atoms. The van der Waals surface area contributed by atoms with Crippen molar-refractivity contribution in [3.8, 4) is 0 Å². The minimum atomic E-state index is -0.136. The van der Waals surface area contributed by atoms with E-state index in [-0.39, 0.29) is 6.10 Å². The minimum absolute atomic E-state index is 0.136. The van der Waals surface area contributed by atoms with Crippen molar-refractivity contribution in [2.45, 2.75) is 64.0 Å². The van der Waals surface area contributed by atoms with Gasteiger partial charge in [-0.05, 0) is 61.0 Å². The molecule has 120 valence electrons. The first kappa shape index (κ1) is 15.7. The Hall–Kier alpha value is -1.14. The molecular weight excluding hydrogens is 344 g/mol. The predicted molar refractivity (Wildman–Crippen MR) is 91.3 cm³/mol. The summed E-state index contributed by atoms with van der Waals surface area (Å²) < 4.78 is 3.04. The van der Waals surface area contributed by atoms with Crippen molar-refractivity contribution in [2.75, 3.05) is 5.32 Å². The summed E-state index contributed by atoms with van der Waals surface area (Å²) >= 11 is 3.61. The van der Waals surface area contributed by atoms with Gasteiger partial charge in [0.2, 0.25) is 5.95 Å². The van der Waals surface area contributed by atoms with E-state index in [4.69, 9.17) is 0 Å². The highest BCUT2D eigenvalue weighted by Crippen LogP contribution is 2.36. The fraction of sp³-hybridized carbons (Fsp3) is 0.625. The highest BCUT2D eigenvalue weighted by Gasteiger charge is 2.24. The van der Waals surface area contributed by atoms with Gasteiger partial charge in [0.15, 0.2) is 0 Å². The predicted octanol–water partition coefficient (Wildman–Crippen LogP) is 3.72. The summed E-state index contributed by atoms with van der Waals surface area (Å²) in [4.78, 5) is 4.41. The first-order chi connectivity index (χ1) is 10.6. The van der Waals surface area contributed by atoms with E-state index in [2.05, 4.69) is 51.2 Å². The van der Waals surface area contributed by atoms with E-state index in [9.17, 15) is 5.11 Å². The van der Waals surface area contributed by atoms with Crippen molar-refractivity contribution in [2.24, 2.45) is 0 Å². The van der Waals surface area contributed by atoms with Crippen molar-refractivity contribution < 1.29 is 5.11 Å². The minimum Gasteiger partial charge on any atom is -0.393 e. The zero-order valence-corrected chi connectivity index (χ0v) is 14.7. The van der Waals surface area contributed by atoms with Crippen LogP contribution in [0.25, 0.3) is 5.52 Å². The number of aromatic nitrogens is 3. The van der Waals surface area contributed by atoms with Crippen LogP contribution in [-0.2, 0) is 0 Å². The average Bonchev–Trinajstić information content (AvgIpc) is 2.84. The summed E-state index contributed by atoms with van der Waals surface area (Å²) in [5, 5.41) is 17.7. The number of fused-ring (bicyclic) bond motifs is 1. The van der Waals surface area contributed by atoms with Crippen LogP contribution in [0.5, 0.6) is 0 Å². The molecule has 0 radical (unpaired) electrons. The molecule has 1 aliphatic carbocycles. The Bertz CT molecular complexity index is 649. The van der Waals surface area contributed by atoms with Crippen molar-refractivity contribution >= 4 is 27.4 Å². The van der Waals surface area contributed by atoms with Crippen LogP contribution in [0.3, 0.4) is 0 Å².